The van der Waals surface area contributed by atoms with Crippen molar-refractivity contribution in [1.82, 2.24) is 4.98 Å². The molecular weight excluding hydrogens is 395 g/mol. The number of thioether (sulfide) groups is 1. The molecule has 0 spiro atoms. The maximum Gasteiger partial charge on any atom is 0.0859 e. The van der Waals surface area contributed by atoms with Crippen molar-refractivity contribution in [1.29, 1.82) is 0 Å². The fraction of sp³-hybridized carbons (Fsp3) is 0.227. The Morgan fingerprint density at radius 3 is 2.48 bits per heavy atom. The van der Waals surface area contributed by atoms with Crippen LogP contribution in [0.1, 0.15) is 29.7 Å². The zero-order chi connectivity index (χ0) is 19.4. The number of nitrogens with two attached hydrogens (primary N) is 1. The van der Waals surface area contributed by atoms with Gasteiger partial charge in [-0.3, -0.25) is 4.98 Å². The molecule has 0 saturated carbocycles. The molecule has 0 aliphatic heterocycles. The second-order valence-corrected chi connectivity index (χ2v) is 8.33. The quantitative estimate of drug-likeness (QED) is 0.461. The summed E-state index contributed by atoms with van der Waals surface area (Å²) in [5.41, 5.74) is 11.1. The highest BCUT2D eigenvalue weighted by atomic mass is 35.5. The molecule has 1 heterocycles. The standard InChI is InChI=1S/C22H22Cl2N2S/c1-3-27-22-14(2)12-19(17(13-25)15-8-5-4-6-9-15)26-21(22)16-10-7-11-18(23)20(16)24/h4-12,17H,3,13,25H2,1-2H3. The fourth-order valence-corrected chi connectivity index (χ4v) is 4.43. The third-order valence-electron chi connectivity index (χ3n) is 4.47. The van der Waals surface area contributed by atoms with E-state index in [1.165, 1.54) is 5.56 Å². The highest BCUT2D eigenvalue weighted by molar-refractivity contribution is 7.99. The first-order valence-electron chi connectivity index (χ1n) is 8.90. The van der Waals surface area contributed by atoms with Crippen molar-refractivity contribution in [3.63, 3.8) is 0 Å². The van der Waals surface area contributed by atoms with E-state index in [1.807, 2.05) is 30.3 Å². The molecule has 0 saturated heterocycles. The van der Waals surface area contributed by atoms with Crippen LogP contribution < -0.4 is 5.73 Å². The van der Waals surface area contributed by atoms with E-state index in [0.29, 0.717) is 16.6 Å². The van der Waals surface area contributed by atoms with Gasteiger partial charge in [-0.2, -0.15) is 0 Å². The monoisotopic (exact) mass is 416 g/mol. The van der Waals surface area contributed by atoms with Gasteiger partial charge in [0.05, 0.1) is 21.4 Å². The molecule has 1 unspecified atom stereocenters. The topological polar surface area (TPSA) is 38.9 Å². The number of aromatic nitrogens is 1. The molecule has 5 heteroatoms. The predicted molar refractivity (Wildman–Crippen MR) is 118 cm³/mol. The minimum absolute atomic E-state index is 0.0299. The summed E-state index contributed by atoms with van der Waals surface area (Å²) in [6.07, 6.45) is 0. The van der Waals surface area contributed by atoms with E-state index < -0.39 is 0 Å². The molecule has 2 aromatic carbocycles. The van der Waals surface area contributed by atoms with Gasteiger partial charge in [0.25, 0.3) is 0 Å². The molecule has 0 aliphatic rings. The lowest BCUT2D eigenvalue weighted by molar-refractivity contribution is 0.783. The third kappa shape index (κ3) is 4.33. The summed E-state index contributed by atoms with van der Waals surface area (Å²) in [7, 11) is 0. The molecule has 0 radical (unpaired) electrons. The first kappa shape index (κ1) is 20.2. The van der Waals surface area contributed by atoms with Crippen molar-refractivity contribution >= 4 is 35.0 Å². The molecule has 3 aromatic rings. The van der Waals surface area contributed by atoms with E-state index >= 15 is 0 Å². The molecule has 0 bridgehead atoms. The predicted octanol–water partition coefficient (Wildman–Crippen LogP) is 6.57. The van der Waals surface area contributed by atoms with Gasteiger partial charge in [-0.25, -0.2) is 0 Å². The van der Waals surface area contributed by atoms with Gasteiger partial charge in [0.15, 0.2) is 0 Å². The van der Waals surface area contributed by atoms with E-state index in [4.69, 9.17) is 33.9 Å². The summed E-state index contributed by atoms with van der Waals surface area (Å²) in [5.74, 6) is 0.980. The van der Waals surface area contributed by atoms with Gasteiger partial charge in [0.1, 0.15) is 0 Å². The fourth-order valence-electron chi connectivity index (χ4n) is 3.17. The van der Waals surface area contributed by atoms with Gasteiger partial charge in [-0.15, -0.1) is 11.8 Å². The lowest BCUT2D eigenvalue weighted by Crippen LogP contribution is -2.16. The van der Waals surface area contributed by atoms with Crippen LogP contribution in [0.2, 0.25) is 10.0 Å². The average molecular weight is 417 g/mol. The lowest BCUT2D eigenvalue weighted by atomic mass is 9.94. The van der Waals surface area contributed by atoms with Crippen LogP contribution in [0.4, 0.5) is 0 Å². The van der Waals surface area contributed by atoms with Gasteiger partial charge in [0, 0.05) is 22.9 Å². The van der Waals surface area contributed by atoms with Crippen LogP contribution in [-0.2, 0) is 0 Å². The van der Waals surface area contributed by atoms with Crippen molar-refractivity contribution in [2.45, 2.75) is 24.7 Å². The van der Waals surface area contributed by atoms with Gasteiger partial charge in [-0.1, -0.05) is 72.6 Å². The maximum atomic E-state index is 6.53. The van der Waals surface area contributed by atoms with E-state index in [2.05, 4.69) is 32.0 Å². The SMILES string of the molecule is CCSc1c(C)cc(C(CN)c2ccccc2)nc1-c1cccc(Cl)c1Cl. The zero-order valence-electron chi connectivity index (χ0n) is 15.4. The van der Waals surface area contributed by atoms with Crippen LogP contribution in [0.3, 0.4) is 0 Å². The maximum absolute atomic E-state index is 6.53. The zero-order valence-corrected chi connectivity index (χ0v) is 17.7. The average Bonchev–Trinajstić information content (AvgIpc) is 2.67. The van der Waals surface area contributed by atoms with E-state index in [0.717, 1.165) is 33.2 Å². The van der Waals surface area contributed by atoms with Crippen LogP contribution in [0.15, 0.2) is 59.5 Å². The minimum Gasteiger partial charge on any atom is -0.329 e. The highest BCUT2D eigenvalue weighted by Crippen LogP contribution is 2.40. The summed E-state index contributed by atoms with van der Waals surface area (Å²) < 4.78 is 0. The van der Waals surface area contributed by atoms with Crippen LogP contribution in [-0.4, -0.2) is 17.3 Å². The van der Waals surface area contributed by atoms with Crippen molar-refractivity contribution in [3.05, 3.63) is 81.5 Å². The first-order chi connectivity index (χ1) is 13.1. The largest absolute Gasteiger partial charge is 0.329 e. The molecule has 1 aromatic heterocycles. The minimum atomic E-state index is 0.0299. The number of benzene rings is 2. The summed E-state index contributed by atoms with van der Waals surface area (Å²) in [6, 6.07) is 18.1. The normalized spacial score (nSPS) is 12.2. The molecule has 3 rings (SSSR count). The molecular formula is C22H22Cl2N2S. The Hall–Kier alpha value is -1.52. The Morgan fingerprint density at radius 2 is 1.81 bits per heavy atom. The number of pyridine rings is 1. The van der Waals surface area contributed by atoms with Gasteiger partial charge >= 0.3 is 0 Å². The molecule has 2 nitrogen and oxygen atoms in total. The molecule has 140 valence electrons. The van der Waals surface area contributed by atoms with Crippen LogP contribution >= 0.6 is 35.0 Å². The van der Waals surface area contributed by atoms with Crippen LogP contribution in [0.5, 0.6) is 0 Å². The number of aryl methyl sites for hydroxylation is 1. The highest BCUT2D eigenvalue weighted by Gasteiger charge is 2.20. The third-order valence-corrected chi connectivity index (χ3v) is 6.38. The molecule has 27 heavy (non-hydrogen) atoms. The Labute approximate surface area is 175 Å². The first-order valence-corrected chi connectivity index (χ1v) is 10.6. The Kier molecular flexibility index (Phi) is 6.83. The molecule has 1 atom stereocenters. The van der Waals surface area contributed by atoms with Gasteiger partial charge in [-0.05, 0) is 35.9 Å². The van der Waals surface area contributed by atoms with E-state index in [9.17, 15) is 0 Å². The van der Waals surface area contributed by atoms with Crippen molar-refractivity contribution in [3.8, 4) is 11.3 Å². The number of rotatable bonds is 6. The smallest absolute Gasteiger partial charge is 0.0859 e. The Morgan fingerprint density at radius 1 is 1.07 bits per heavy atom. The summed E-state index contributed by atoms with van der Waals surface area (Å²) in [6.45, 7) is 4.73. The van der Waals surface area contributed by atoms with E-state index in [1.54, 1.807) is 17.8 Å². The number of halogens is 2. The summed E-state index contributed by atoms with van der Waals surface area (Å²) >= 11 is 14.6. The Bertz CT molecular complexity index is 929. The summed E-state index contributed by atoms with van der Waals surface area (Å²) in [5, 5.41) is 1.06. The molecule has 0 amide bonds. The Balaban J connectivity index is 2.21. The second kappa shape index (κ2) is 9.11. The van der Waals surface area contributed by atoms with Crippen LogP contribution in [0.25, 0.3) is 11.3 Å². The van der Waals surface area contributed by atoms with Crippen molar-refractivity contribution < 1.29 is 0 Å². The number of nitrogens with zero attached hydrogens (tertiary/aromatic N) is 1. The van der Waals surface area contributed by atoms with Gasteiger partial charge < -0.3 is 5.73 Å². The molecule has 0 fully saturated rings. The lowest BCUT2D eigenvalue weighted by Gasteiger charge is -2.20. The summed E-state index contributed by atoms with van der Waals surface area (Å²) in [4.78, 5) is 6.16. The number of hydrogen-bond donors (Lipinski definition) is 1. The second-order valence-electron chi connectivity index (χ2n) is 6.28. The molecule has 2 N–H and O–H groups in total. The van der Waals surface area contributed by atoms with Crippen molar-refractivity contribution in [2.24, 2.45) is 5.73 Å². The number of hydrogen-bond acceptors (Lipinski definition) is 3. The van der Waals surface area contributed by atoms with Gasteiger partial charge in [0.2, 0.25) is 0 Å². The van der Waals surface area contributed by atoms with Crippen LogP contribution in [0, 0.1) is 6.92 Å². The van der Waals surface area contributed by atoms with E-state index in [-0.39, 0.29) is 5.92 Å². The van der Waals surface area contributed by atoms with Crippen molar-refractivity contribution in [2.75, 3.05) is 12.3 Å². The molecule has 0 aliphatic carbocycles.